The summed E-state index contributed by atoms with van der Waals surface area (Å²) < 4.78 is 45.1. The van der Waals surface area contributed by atoms with Gasteiger partial charge in [0.2, 0.25) is 5.96 Å². The van der Waals surface area contributed by atoms with Crippen molar-refractivity contribution in [3.05, 3.63) is 14.5 Å². The lowest BCUT2D eigenvalue weighted by Gasteiger charge is -2.33. The summed E-state index contributed by atoms with van der Waals surface area (Å²) in [6.45, 7) is 18.1. The summed E-state index contributed by atoms with van der Waals surface area (Å²) in [5.41, 5.74) is 9.54. The van der Waals surface area contributed by atoms with Crippen molar-refractivity contribution in [2.45, 2.75) is 167 Å². The van der Waals surface area contributed by atoms with Crippen molar-refractivity contribution in [2.75, 3.05) is 13.2 Å². The van der Waals surface area contributed by atoms with Gasteiger partial charge in [0.1, 0.15) is 54.4 Å². The number of esters is 4. The van der Waals surface area contributed by atoms with E-state index in [9.17, 15) is 48.6 Å². The minimum atomic E-state index is -1.50. The van der Waals surface area contributed by atoms with Crippen LogP contribution in [-0.2, 0) is 57.1 Å². The first kappa shape index (κ1) is 60.3. The quantitative estimate of drug-likeness (QED) is 0.0528. The smallest absolute Gasteiger partial charge is 0.408 e. The largest absolute Gasteiger partial charge is 0.463 e. The molecule has 3 fully saturated rings. The molecule has 12 atom stereocenters. The molecule has 412 valence electrons. The first-order valence-corrected chi connectivity index (χ1v) is 24.8. The molecule has 1 aromatic heterocycles. The van der Waals surface area contributed by atoms with Crippen LogP contribution >= 0.6 is 23.1 Å². The third-order valence-electron chi connectivity index (χ3n) is 10.6. The fourth-order valence-electron chi connectivity index (χ4n) is 7.44. The summed E-state index contributed by atoms with van der Waals surface area (Å²) in [6.07, 6.45) is -9.82. The summed E-state index contributed by atoms with van der Waals surface area (Å²) >= 11 is 1.60. The third kappa shape index (κ3) is 15.7. The molecule has 0 aromatic carbocycles. The zero-order chi connectivity index (χ0) is 55.7. The minimum absolute atomic E-state index is 0.0309. The van der Waals surface area contributed by atoms with Gasteiger partial charge in [0.05, 0.1) is 23.1 Å². The number of nitrogens with one attached hydrogen (secondary N) is 3. The zero-order valence-electron chi connectivity index (χ0n) is 42.9. The van der Waals surface area contributed by atoms with Crippen molar-refractivity contribution in [2.24, 2.45) is 38.3 Å². The molecule has 4 aliphatic rings. The lowest BCUT2D eigenvalue weighted by atomic mass is 10.0. The molecule has 2 unspecified atom stereocenters. The maximum Gasteiger partial charge on any atom is 0.408 e. The van der Waals surface area contributed by atoms with E-state index < -0.39 is 148 Å². The van der Waals surface area contributed by atoms with Gasteiger partial charge < -0.3 is 75.6 Å². The monoisotopic (exact) mass is 1090 g/mol. The number of fused-ring (bicyclic) bond motifs is 1. The Bertz CT molecular complexity index is 2400. The van der Waals surface area contributed by atoms with Gasteiger partial charge in [0, 0.05) is 26.3 Å². The van der Waals surface area contributed by atoms with E-state index in [0.29, 0.717) is 11.3 Å². The van der Waals surface area contributed by atoms with Gasteiger partial charge >= 0.3 is 40.9 Å². The molecule has 28 nitrogen and oxygen atoms in total. The van der Waals surface area contributed by atoms with Crippen molar-refractivity contribution in [1.29, 1.82) is 5.41 Å². The first-order chi connectivity index (χ1) is 34.4. The topological polar surface area (TPSA) is 396 Å². The van der Waals surface area contributed by atoms with Gasteiger partial charge in [-0.15, -0.1) is 0 Å². The molecular weight excluding hydrogens is 1020 g/mol. The standard InChI is InChI=1S/C24H35N5O10S.C20H31N5O8S/c1-10(2)15(27-22(33)39-24(5,6)7)20(32)38-17-16(36-12(4)31)13(9-35-11(3)30)37-19(17)29-18-14(40-23(29)34)8-26-21(25)28-18;1-9(2)12(24-18(29)33-20(3,4)5)17(28)32-14-13(27)10(7-26)31-16(14)25-15(23-8-22)11(6-21)34-19(25)30/h8,10,13-19H,9H2,1-7H3,(H2,25,28)(H,27,33);6,8-10,12-14,16,21,26-27H,7H2,1-5H3,(H2,22,23)(H,24,29)/t13-,14?,15+,16+,17-,18?,19-;10-,12+,13+,14-,16-/m11/s1. The van der Waals surface area contributed by atoms with Gasteiger partial charge in [-0.25, -0.2) is 34.2 Å². The van der Waals surface area contributed by atoms with Crippen molar-refractivity contribution in [3.8, 4) is 0 Å². The number of ether oxygens (including phenoxy) is 8. The average Bonchev–Trinajstić information content (AvgIpc) is 3.97. The number of carbonyl (C=O) groups excluding carboxylic acids is 7. The Morgan fingerprint density at radius 2 is 1.41 bits per heavy atom. The normalized spacial score (nSPS) is 26.3. The number of alkyl carbamates (subject to hydrolysis) is 2. The number of amides is 3. The van der Waals surface area contributed by atoms with Crippen molar-refractivity contribution in [1.82, 2.24) is 20.1 Å². The van der Waals surface area contributed by atoms with Gasteiger partial charge in [-0.3, -0.25) is 28.6 Å². The van der Waals surface area contributed by atoms with E-state index >= 15 is 0 Å². The van der Waals surface area contributed by atoms with E-state index in [2.05, 4.69) is 25.6 Å². The van der Waals surface area contributed by atoms with E-state index in [1.807, 2.05) is 0 Å². The highest BCUT2D eigenvalue weighted by Crippen LogP contribution is 2.41. The van der Waals surface area contributed by atoms with Gasteiger partial charge in [-0.2, -0.15) is 0 Å². The number of nitrogens with zero attached hydrogens (tertiary/aromatic N) is 5. The van der Waals surface area contributed by atoms with Crippen LogP contribution in [0.5, 0.6) is 0 Å². The van der Waals surface area contributed by atoms with E-state index in [-0.39, 0.29) is 23.3 Å². The first-order valence-electron chi connectivity index (χ1n) is 23.1. The molecule has 30 heteroatoms. The number of guanidine groups is 1. The molecule has 5 rings (SSSR count). The summed E-state index contributed by atoms with van der Waals surface area (Å²) in [5, 5.41) is 31.7. The number of aromatic nitrogens is 1. The van der Waals surface area contributed by atoms with Crippen LogP contribution in [0.1, 0.15) is 94.2 Å². The lowest BCUT2D eigenvalue weighted by Crippen LogP contribution is -2.54. The van der Waals surface area contributed by atoms with Crippen LogP contribution in [0.3, 0.4) is 0 Å². The number of thiazole rings is 1. The molecule has 0 spiro atoms. The number of thioether (sulfide) groups is 1. The van der Waals surface area contributed by atoms with Crippen molar-refractivity contribution < 1.29 is 81.7 Å². The summed E-state index contributed by atoms with van der Waals surface area (Å²) in [7, 11) is 0. The molecule has 5 heterocycles. The van der Waals surface area contributed by atoms with E-state index in [4.69, 9.17) is 54.8 Å². The van der Waals surface area contributed by atoms with Crippen LogP contribution in [0.4, 0.5) is 20.2 Å². The van der Waals surface area contributed by atoms with Gasteiger partial charge in [0.25, 0.3) is 5.24 Å². The SMILES string of the molecule is CC(=O)OC[C@H]1O[C@@H](N2C(=O)SC3C=NC(N)=NC32)[C@H](OC(=O)[C@@H](NC(=O)OC(C)(C)C)C(C)C)[C@H]1OC(C)=O.CC(C)[C@H](NC(=O)OC(C)(C)C)C(=O)O[C@@H]1[C@@H](O)[C@@H](CO)O[C@H]1n1c(N=CN)c(C=N)sc1=O. The van der Waals surface area contributed by atoms with Crippen molar-refractivity contribution >= 4 is 94.9 Å². The second-order valence-electron chi connectivity index (χ2n) is 19.5. The third-order valence-corrected chi connectivity index (χ3v) is 12.5. The Hall–Kier alpha value is -6.21. The van der Waals surface area contributed by atoms with Crippen LogP contribution in [0.25, 0.3) is 0 Å². The molecule has 0 bridgehead atoms. The van der Waals surface area contributed by atoms with E-state index in [1.54, 1.807) is 69.2 Å². The lowest BCUT2D eigenvalue weighted by molar-refractivity contribution is -0.171. The number of hydrogen-bond donors (Lipinski definition) is 7. The second-order valence-corrected chi connectivity index (χ2v) is 21.6. The Morgan fingerprint density at radius 3 is 1.88 bits per heavy atom. The van der Waals surface area contributed by atoms with Gasteiger partial charge in [0.15, 0.2) is 36.6 Å². The number of aliphatic hydroxyl groups is 2. The molecule has 1 aromatic rings. The summed E-state index contributed by atoms with van der Waals surface area (Å²) in [5.74, 6) is -4.13. The molecule has 4 aliphatic heterocycles. The molecule has 74 heavy (non-hydrogen) atoms. The Kier molecular flexibility index (Phi) is 20.7. The number of carbonyl (C=O) groups is 7. The zero-order valence-corrected chi connectivity index (χ0v) is 44.5. The molecule has 0 radical (unpaired) electrons. The molecule has 9 N–H and O–H groups in total. The van der Waals surface area contributed by atoms with Gasteiger partial charge in [-0.1, -0.05) is 50.8 Å². The van der Waals surface area contributed by atoms with Crippen molar-refractivity contribution in [3.63, 3.8) is 0 Å². The Morgan fingerprint density at radius 1 is 0.865 bits per heavy atom. The molecular formula is C44H66N10O18S2. The van der Waals surface area contributed by atoms with E-state index in [1.165, 1.54) is 18.0 Å². The average molecular weight is 1090 g/mol. The highest BCUT2D eigenvalue weighted by Gasteiger charge is 2.58. The molecule has 0 aliphatic carbocycles. The Balaban J connectivity index is 0.000000325. The second kappa shape index (κ2) is 25.3. The fraction of sp³-hybridized carbons (Fsp3) is 0.682. The number of aliphatic hydroxyl groups excluding tert-OH is 2. The van der Waals surface area contributed by atoms with Crippen LogP contribution in [0.15, 0.2) is 19.8 Å². The highest BCUT2D eigenvalue weighted by molar-refractivity contribution is 8.15. The van der Waals surface area contributed by atoms with Crippen LogP contribution in [-0.4, -0.2) is 176 Å². The number of aliphatic imine (C=N–C) groups is 3. The fourth-order valence-corrected chi connectivity index (χ4v) is 9.22. The summed E-state index contributed by atoms with van der Waals surface area (Å²) in [4.78, 5) is 113. The maximum atomic E-state index is 13.5. The molecule has 3 amide bonds. The molecule has 0 saturated carbocycles. The maximum absolute atomic E-state index is 13.5. The predicted octanol–water partition coefficient (Wildman–Crippen LogP) is 1.17. The summed E-state index contributed by atoms with van der Waals surface area (Å²) in [6, 6.07) is -2.32. The number of hydrogen-bond acceptors (Lipinski definition) is 25. The van der Waals surface area contributed by atoms with Crippen LogP contribution < -0.4 is 27.0 Å². The minimum Gasteiger partial charge on any atom is -0.463 e. The van der Waals surface area contributed by atoms with Gasteiger partial charge in [-0.05, 0) is 53.4 Å². The Labute approximate surface area is 433 Å². The van der Waals surface area contributed by atoms with Crippen LogP contribution in [0.2, 0.25) is 0 Å². The number of nitrogens with two attached hydrogens (primary N) is 2. The molecule has 3 saturated heterocycles. The van der Waals surface area contributed by atoms with E-state index in [0.717, 1.165) is 35.8 Å². The number of rotatable bonds is 16. The highest BCUT2D eigenvalue weighted by atomic mass is 32.2. The predicted molar refractivity (Wildman–Crippen MR) is 265 cm³/mol. The van der Waals surface area contributed by atoms with Crippen LogP contribution in [0, 0.1) is 17.2 Å².